The van der Waals surface area contributed by atoms with Gasteiger partial charge in [0.1, 0.15) is 11.4 Å². The Morgan fingerprint density at radius 2 is 2.05 bits per heavy atom. The molecule has 0 atom stereocenters. The highest BCUT2D eigenvalue weighted by atomic mass is 16.3. The fourth-order valence-electron chi connectivity index (χ4n) is 2.63. The maximum atomic E-state index is 12.6. The molecule has 0 bridgehead atoms. The lowest BCUT2D eigenvalue weighted by Gasteiger charge is -2.29. The average Bonchev–Trinajstić information content (AvgIpc) is 2.46. The number of para-hydroxylation sites is 1. The van der Waals surface area contributed by atoms with Crippen molar-refractivity contribution in [1.29, 1.82) is 0 Å². The smallest absolute Gasteiger partial charge is 0.276 e. The molecule has 2 aromatic rings. The quantitative estimate of drug-likeness (QED) is 0.865. The van der Waals surface area contributed by atoms with E-state index in [1.54, 1.807) is 17.0 Å². The molecule has 0 aliphatic carbocycles. The molecular weight excluding hydrogens is 252 g/mol. The van der Waals surface area contributed by atoms with Gasteiger partial charge in [-0.3, -0.25) is 4.79 Å². The third kappa shape index (κ3) is 2.13. The molecule has 3 rings (SSSR count). The molecule has 1 aliphatic heterocycles. The summed E-state index contributed by atoms with van der Waals surface area (Å²) in [6.45, 7) is 2.47. The van der Waals surface area contributed by atoms with Crippen molar-refractivity contribution in [2.75, 3.05) is 11.4 Å². The molecule has 1 aromatic carbocycles. The van der Waals surface area contributed by atoms with E-state index < -0.39 is 0 Å². The number of hydrogen-bond donors (Lipinski definition) is 1. The molecule has 2 heterocycles. The Labute approximate surface area is 117 Å². The van der Waals surface area contributed by atoms with E-state index in [0.717, 1.165) is 24.1 Å². The second-order valence-corrected chi connectivity index (χ2v) is 5.01. The zero-order valence-electron chi connectivity index (χ0n) is 11.3. The first-order chi connectivity index (χ1) is 9.66. The number of phenolic OH excluding ortho intramolecular Hbond substituents is 1. The number of aryl methyl sites for hydroxylation is 2. The van der Waals surface area contributed by atoms with Gasteiger partial charge in [0.05, 0.1) is 5.69 Å². The van der Waals surface area contributed by atoms with Crippen LogP contribution >= 0.6 is 0 Å². The van der Waals surface area contributed by atoms with Crippen LogP contribution in [-0.2, 0) is 6.42 Å². The molecule has 1 amide bonds. The van der Waals surface area contributed by atoms with Crippen LogP contribution in [0.3, 0.4) is 0 Å². The van der Waals surface area contributed by atoms with E-state index in [2.05, 4.69) is 4.98 Å². The van der Waals surface area contributed by atoms with Crippen molar-refractivity contribution < 1.29 is 9.90 Å². The second kappa shape index (κ2) is 4.96. The van der Waals surface area contributed by atoms with Gasteiger partial charge >= 0.3 is 0 Å². The summed E-state index contributed by atoms with van der Waals surface area (Å²) in [6.07, 6.45) is 1.78. The van der Waals surface area contributed by atoms with E-state index in [4.69, 9.17) is 0 Å². The highest BCUT2D eigenvalue weighted by molar-refractivity contribution is 6.06. The van der Waals surface area contributed by atoms with Crippen LogP contribution in [0, 0.1) is 6.92 Å². The number of benzene rings is 1. The predicted molar refractivity (Wildman–Crippen MR) is 77.1 cm³/mol. The first-order valence-corrected chi connectivity index (χ1v) is 6.73. The Morgan fingerprint density at radius 1 is 1.25 bits per heavy atom. The van der Waals surface area contributed by atoms with E-state index in [1.165, 1.54) is 0 Å². The molecule has 0 saturated heterocycles. The summed E-state index contributed by atoms with van der Waals surface area (Å²) in [4.78, 5) is 18.5. The second-order valence-electron chi connectivity index (χ2n) is 5.01. The zero-order valence-corrected chi connectivity index (χ0v) is 11.3. The number of amides is 1. The number of aromatic hydroxyl groups is 1. The molecule has 1 N–H and O–H groups in total. The minimum absolute atomic E-state index is 0.156. The van der Waals surface area contributed by atoms with Gasteiger partial charge in [0.25, 0.3) is 5.91 Å². The van der Waals surface area contributed by atoms with Gasteiger partial charge in [0.15, 0.2) is 0 Å². The van der Waals surface area contributed by atoms with Gasteiger partial charge in [-0.15, -0.1) is 0 Å². The Balaban J connectivity index is 2.03. The summed E-state index contributed by atoms with van der Waals surface area (Å²) in [5.41, 5.74) is 2.87. The lowest BCUT2D eigenvalue weighted by atomic mass is 10.0. The van der Waals surface area contributed by atoms with E-state index in [0.29, 0.717) is 17.9 Å². The van der Waals surface area contributed by atoms with Gasteiger partial charge in [0.2, 0.25) is 0 Å². The van der Waals surface area contributed by atoms with Gasteiger partial charge in [0, 0.05) is 12.2 Å². The fraction of sp³-hybridized carbons (Fsp3) is 0.250. The van der Waals surface area contributed by atoms with Crippen molar-refractivity contribution in [2.45, 2.75) is 19.8 Å². The molecule has 0 fully saturated rings. The molecule has 0 unspecified atom stereocenters. The highest BCUT2D eigenvalue weighted by Gasteiger charge is 2.26. The summed E-state index contributed by atoms with van der Waals surface area (Å²) in [6, 6.07) is 10.8. The van der Waals surface area contributed by atoms with Crippen LogP contribution in [0.25, 0.3) is 0 Å². The van der Waals surface area contributed by atoms with Gasteiger partial charge in [-0.1, -0.05) is 18.2 Å². The van der Waals surface area contributed by atoms with Crippen LogP contribution < -0.4 is 4.90 Å². The predicted octanol–water partition coefficient (Wildman–Crippen LogP) is 2.69. The maximum Gasteiger partial charge on any atom is 0.276 e. The number of fused-ring (bicyclic) bond motifs is 1. The first-order valence-electron chi connectivity index (χ1n) is 6.73. The third-order valence-corrected chi connectivity index (χ3v) is 3.55. The van der Waals surface area contributed by atoms with E-state index >= 15 is 0 Å². The molecular formula is C16H16N2O2. The van der Waals surface area contributed by atoms with E-state index in [1.807, 2.05) is 31.2 Å². The van der Waals surface area contributed by atoms with Crippen LogP contribution in [0.1, 0.15) is 28.2 Å². The number of carbonyl (C=O) groups excluding carboxylic acids is 1. The standard InChI is InChI=1S/C16H16N2O2/c1-11-5-2-8-13(17-11)16(20)18-10-4-7-12-6-3-9-14(19)15(12)18/h2-3,5-6,8-9,19H,4,7,10H2,1H3. The molecule has 4 nitrogen and oxygen atoms in total. The van der Waals surface area contributed by atoms with Crippen molar-refractivity contribution in [3.8, 4) is 5.75 Å². The molecule has 4 heteroatoms. The Kier molecular flexibility index (Phi) is 3.14. The van der Waals surface area contributed by atoms with E-state index in [-0.39, 0.29) is 11.7 Å². The van der Waals surface area contributed by atoms with Gasteiger partial charge < -0.3 is 10.0 Å². The molecule has 1 aliphatic rings. The first kappa shape index (κ1) is 12.7. The minimum Gasteiger partial charge on any atom is -0.506 e. The van der Waals surface area contributed by atoms with Gasteiger partial charge in [-0.2, -0.15) is 0 Å². The molecule has 0 radical (unpaired) electrons. The van der Waals surface area contributed by atoms with Crippen LogP contribution in [0.5, 0.6) is 5.75 Å². The van der Waals surface area contributed by atoms with Crippen molar-refractivity contribution in [3.05, 3.63) is 53.3 Å². The number of carbonyl (C=O) groups is 1. The topological polar surface area (TPSA) is 53.4 Å². The summed E-state index contributed by atoms with van der Waals surface area (Å²) < 4.78 is 0. The molecule has 1 aromatic heterocycles. The number of phenols is 1. The molecule has 0 saturated carbocycles. The Hall–Kier alpha value is -2.36. The van der Waals surface area contributed by atoms with E-state index in [9.17, 15) is 9.90 Å². The summed E-state index contributed by atoms with van der Waals surface area (Å²) in [5, 5.41) is 10.1. The number of nitrogens with zero attached hydrogens (tertiary/aromatic N) is 2. The van der Waals surface area contributed by atoms with Crippen LogP contribution in [0.4, 0.5) is 5.69 Å². The number of anilines is 1. The lowest BCUT2D eigenvalue weighted by molar-refractivity contribution is 0.0979. The van der Waals surface area contributed by atoms with Crippen molar-refractivity contribution in [1.82, 2.24) is 4.98 Å². The van der Waals surface area contributed by atoms with Crippen molar-refractivity contribution >= 4 is 11.6 Å². The molecule has 102 valence electrons. The largest absolute Gasteiger partial charge is 0.506 e. The number of pyridine rings is 1. The SMILES string of the molecule is Cc1cccc(C(=O)N2CCCc3cccc(O)c32)n1. The fourth-order valence-corrected chi connectivity index (χ4v) is 2.63. The maximum absolute atomic E-state index is 12.6. The average molecular weight is 268 g/mol. The van der Waals surface area contributed by atoms with Crippen LogP contribution in [0.2, 0.25) is 0 Å². The normalized spacial score (nSPS) is 13.9. The lowest BCUT2D eigenvalue weighted by Crippen LogP contribution is -2.36. The third-order valence-electron chi connectivity index (χ3n) is 3.55. The van der Waals surface area contributed by atoms with Gasteiger partial charge in [-0.25, -0.2) is 4.98 Å². The Bertz CT molecular complexity index is 667. The Morgan fingerprint density at radius 3 is 2.85 bits per heavy atom. The molecule has 0 spiro atoms. The van der Waals surface area contributed by atoms with Crippen LogP contribution in [0.15, 0.2) is 36.4 Å². The monoisotopic (exact) mass is 268 g/mol. The van der Waals surface area contributed by atoms with Crippen molar-refractivity contribution in [2.24, 2.45) is 0 Å². The van der Waals surface area contributed by atoms with Gasteiger partial charge in [-0.05, 0) is 43.5 Å². The summed E-state index contributed by atoms with van der Waals surface area (Å²) in [5.74, 6) is -0.000599. The molecule has 20 heavy (non-hydrogen) atoms. The number of hydrogen-bond acceptors (Lipinski definition) is 3. The van der Waals surface area contributed by atoms with Crippen molar-refractivity contribution in [3.63, 3.8) is 0 Å². The minimum atomic E-state index is -0.156. The zero-order chi connectivity index (χ0) is 14.1. The number of rotatable bonds is 1. The highest BCUT2D eigenvalue weighted by Crippen LogP contribution is 2.35. The van der Waals surface area contributed by atoms with Crippen LogP contribution in [-0.4, -0.2) is 22.5 Å². The summed E-state index contributed by atoms with van der Waals surface area (Å²) in [7, 11) is 0. The summed E-state index contributed by atoms with van der Waals surface area (Å²) >= 11 is 0. The number of aromatic nitrogens is 1.